The number of nitrogens with zero attached hydrogens (tertiary/aromatic N) is 2. The van der Waals surface area contributed by atoms with Gasteiger partial charge in [0.2, 0.25) is 6.23 Å². The molecule has 58 heavy (non-hydrogen) atoms. The van der Waals surface area contributed by atoms with E-state index >= 15 is 0 Å². The predicted molar refractivity (Wildman–Crippen MR) is 219 cm³/mol. The second-order valence-electron chi connectivity index (χ2n) is 16.7. The van der Waals surface area contributed by atoms with Gasteiger partial charge in [-0.25, -0.2) is 4.79 Å². The van der Waals surface area contributed by atoms with Gasteiger partial charge in [-0.15, -0.1) is 0 Å². The van der Waals surface area contributed by atoms with Crippen LogP contribution in [-0.2, 0) is 23.8 Å². The highest BCUT2D eigenvalue weighted by molar-refractivity contribution is 8.76. The lowest BCUT2D eigenvalue weighted by atomic mass is 9.61. The second kappa shape index (κ2) is 19.1. The molecule has 1 aromatic rings. The normalized spacial score (nSPS) is 33.4. The molecule has 0 aromatic carbocycles. The molecule has 4 saturated carbocycles. The van der Waals surface area contributed by atoms with E-state index in [9.17, 15) is 38.5 Å². The van der Waals surface area contributed by atoms with Crippen molar-refractivity contribution in [2.75, 3.05) is 23.8 Å². The standard InChI is InChI=1S/C42H57F2N3O9S2/c1-24(6-13-32(49)27-8-9-27)30-11-12-31-26(5-4-17-41(30,31)3)7-10-28-21-29(48)22-33(25(28)2)55-37(51)16-20-58-57-19-15-36(50)54-23-34-38(52)42(43,44)39(56-34)47-18-14-35(45)46-40(47)53/h6-7,10,13-14,18,24,27,29-34,38-39,48-49,52H,2,4-5,8-9,11-12,15-17,19-23H2,1,3H3,(H2,45,46,53)/b13-6+,26-7+,28-10-/t24-,29+,30?,31?,32?,33-,34?,38?,39?,41+/m0/s1. The van der Waals surface area contributed by atoms with Gasteiger partial charge in [0, 0.05) is 24.1 Å². The van der Waals surface area contributed by atoms with Gasteiger partial charge in [-0.05, 0) is 97.7 Å². The van der Waals surface area contributed by atoms with E-state index in [0.29, 0.717) is 51.7 Å². The summed E-state index contributed by atoms with van der Waals surface area (Å²) in [7, 11) is 2.69. The molecule has 0 radical (unpaired) electrons. The Balaban J connectivity index is 0.903. The number of esters is 2. The van der Waals surface area contributed by atoms with Gasteiger partial charge in [-0.2, -0.15) is 13.8 Å². The molecule has 320 valence electrons. The molecular weight excluding hydrogens is 793 g/mol. The first-order valence-corrected chi connectivity index (χ1v) is 22.9. The summed E-state index contributed by atoms with van der Waals surface area (Å²) >= 11 is 0. The second-order valence-corrected chi connectivity index (χ2v) is 19.4. The maximum absolute atomic E-state index is 14.7. The Hall–Kier alpha value is -3.02. The number of rotatable bonds is 16. The number of aliphatic hydroxyl groups excluding tert-OH is 3. The summed E-state index contributed by atoms with van der Waals surface area (Å²) in [5.74, 6) is -2.52. The third kappa shape index (κ3) is 10.5. The van der Waals surface area contributed by atoms with Gasteiger partial charge < -0.3 is 35.3 Å². The molecule has 6 rings (SSSR count). The van der Waals surface area contributed by atoms with Crippen LogP contribution in [0.2, 0.25) is 0 Å². The number of nitrogen functional groups attached to an aromatic ring is 1. The minimum Gasteiger partial charge on any atom is -0.463 e. The van der Waals surface area contributed by atoms with Gasteiger partial charge in [0.1, 0.15) is 24.6 Å². The average molecular weight is 850 g/mol. The number of ether oxygens (including phenoxy) is 3. The fourth-order valence-corrected chi connectivity index (χ4v) is 11.2. The Bertz CT molecular complexity index is 1820. The van der Waals surface area contributed by atoms with Crippen LogP contribution in [0.1, 0.15) is 90.7 Å². The topological polar surface area (TPSA) is 183 Å². The minimum absolute atomic E-state index is 0.0560. The number of halogens is 2. The molecule has 16 heteroatoms. The number of hydrogen-bond donors (Lipinski definition) is 4. The maximum atomic E-state index is 14.7. The highest BCUT2D eigenvalue weighted by Crippen LogP contribution is 2.59. The van der Waals surface area contributed by atoms with E-state index in [1.165, 1.54) is 40.0 Å². The number of carbonyl (C=O) groups excluding carboxylic acids is 2. The molecule has 6 unspecified atom stereocenters. The third-order valence-electron chi connectivity index (χ3n) is 12.7. The van der Waals surface area contributed by atoms with Crippen LogP contribution in [0.5, 0.6) is 0 Å². The average Bonchev–Trinajstić information content (AvgIpc) is 3.93. The molecule has 1 aromatic heterocycles. The molecule has 5 fully saturated rings. The van der Waals surface area contributed by atoms with Crippen molar-refractivity contribution >= 4 is 39.3 Å². The van der Waals surface area contributed by atoms with E-state index in [1.807, 2.05) is 6.08 Å². The molecule has 1 saturated heterocycles. The number of alkyl halides is 2. The zero-order valence-electron chi connectivity index (χ0n) is 33.2. The number of nitrogens with two attached hydrogens (primary N) is 1. The summed E-state index contributed by atoms with van der Waals surface area (Å²) in [6, 6.07) is 1.14. The van der Waals surface area contributed by atoms with E-state index in [0.717, 1.165) is 49.9 Å². The molecule has 5 aliphatic rings. The van der Waals surface area contributed by atoms with Gasteiger partial charge in [-0.1, -0.05) is 71.9 Å². The zero-order chi connectivity index (χ0) is 41.8. The number of hydrogen-bond acceptors (Lipinski definition) is 13. The number of carbonyl (C=O) groups is 2. The van der Waals surface area contributed by atoms with Crippen LogP contribution in [-0.4, -0.2) is 91.4 Å². The molecule has 4 aliphatic carbocycles. The van der Waals surface area contributed by atoms with Crippen molar-refractivity contribution < 1.29 is 47.9 Å². The Morgan fingerprint density at radius 1 is 1.14 bits per heavy atom. The first-order chi connectivity index (χ1) is 27.6. The fraction of sp³-hybridized carbons (Fsp3) is 0.667. The summed E-state index contributed by atoms with van der Waals surface area (Å²) in [6.07, 6.45) is 10.6. The van der Waals surface area contributed by atoms with E-state index < -0.39 is 60.8 Å². The number of aliphatic hydroxyl groups is 3. The molecule has 2 heterocycles. The monoisotopic (exact) mass is 849 g/mol. The predicted octanol–water partition coefficient (Wildman–Crippen LogP) is 6.08. The molecular formula is C42H57F2N3O9S2. The van der Waals surface area contributed by atoms with Crippen molar-refractivity contribution in [1.82, 2.24) is 9.55 Å². The molecule has 0 bridgehead atoms. The largest absolute Gasteiger partial charge is 0.463 e. The van der Waals surface area contributed by atoms with Crippen molar-refractivity contribution in [3.05, 3.63) is 70.3 Å². The summed E-state index contributed by atoms with van der Waals surface area (Å²) in [4.78, 5) is 40.5. The highest BCUT2D eigenvalue weighted by Gasteiger charge is 2.60. The molecule has 12 nitrogen and oxygen atoms in total. The maximum Gasteiger partial charge on any atom is 0.351 e. The van der Waals surface area contributed by atoms with Gasteiger partial charge >= 0.3 is 23.6 Å². The van der Waals surface area contributed by atoms with Crippen molar-refractivity contribution in [2.24, 2.45) is 29.1 Å². The molecule has 1 aliphatic heterocycles. The molecule has 10 atom stereocenters. The van der Waals surface area contributed by atoms with Gasteiger partial charge in [-0.3, -0.25) is 14.2 Å². The number of allylic oxidation sites excluding steroid dienone is 4. The zero-order valence-corrected chi connectivity index (χ0v) is 34.8. The molecule has 0 spiro atoms. The van der Waals surface area contributed by atoms with Crippen LogP contribution in [0.3, 0.4) is 0 Å². The number of fused-ring (bicyclic) bond motifs is 1. The molecule has 0 amide bonds. The Morgan fingerprint density at radius 2 is 1.86 bits per heavy atom. The number of aromatic nitrogens is 2. The minimum atomic E-state index is -3.86. The third-order valence-corrected chi connectivity index (χ3v) is 15.1. The van der Waals surface area contributed by atoms with Crippen LogP contribution in [0, 0.1) is 29.1 Å². The SMILES string of the molecule is C=C1/C(=C\C=C2/CCC[C@@]3(C)C2CCC3[C@@H](C)/C=C/C(O)C2CC2)C[C@@H](O)C[C@@H]1OC(=O)CCSSCCC(=O)OCC1OC(n2ccc(N)nc2=O)C(F)(F)C1O. The van der Waals surface area contributed by atoms with E-state index in [1.54, 1.807) is 0 Å². The van der Waals surface area contributed by atoms with Crippen molar-refractivity contribution in [3.8, 4) is 0 Å². The highest BCUT2D eigenvalue weighted by atomic mass is 33.1. The lowest BCUT2D eigenvalue weighted by Crippen LogP contribution is -2.42. The Kier molecular flexibility index (Phi) is 14.7. The van der Waals surface area contributed by atoms with E-state index in [4.69, 9.17) is 19.9 Å². The summed E-state index contributed by atoms with van der Waals surface area (Å²) in [5, 5.41) is 31.3. The number of anilines is 1. The van der Waals surface area contributed by atoms with Crippen molar-refractivity contribution in [2.45, 2.75) is 127 Å². The quantitative estimate of drug-likeness (QED) is 0.0651. The van der Waals surface area contributed by atoms with Crippen LogP contribution in [0.25, 0.3) is 0 Å². The van der Waals surface area contributed by atoms with Gasteiger partial charge in [0.15, 0.2) is 6.10 Å². The van der Waals surface area contributed by atoms with Gasteiger partial charge in [0.25, 0.3) is 0 Å². The van der Waals surface area contributed by atoms with E-state index in [-0.39, 0.29) is 36.6 Å². The smallest absolute Gasteiger partial charge is 0.351 e. The Morgan fingerprint density at radius 3 is 2.57 bits per heavy atom. The van der Waals surface area contributed by atoms with Crippen molar-refractivity contribution in [1.29, 1.82) is 0 Å². The summed E-state index contributed by atoms with van der Waals surface area (Å²) in [6.45, 7) is 8.35. The lowest BCUT2D eigenvalue weighted by Gasteiger charge is -2.44. The first kappa shape index (κ1) is 44.5. The van der Waals surface area contributed by atoms with Crippen LogP contribution in [0.4, 0.5) is 14.6 Å². The van der Waals surface area contributed by atoms with Crippen molar-refractivity contribution in [3.63, 3.8) is 0 Å². The Labute approximate surface area is 346 Å². The van der Waals surface area contributed by atoms with Gasteiger partial charge in [0.05, 0.1) is 25.0 Å². The fourth-order valence-electron chi connectivity index (χ4n) is 9.27. The van der Waals surface area contributed by atoms with E-state index in [2.05, 4.69) is 43.6 Å². The van der Waals surface area contributed by atoms with Crippen LogP contribution >= 0.6 is 21.6 Å². The summed E-state index contributed by atoms with van der Waals surface area (Å²) < 4.78 is 46.0. The van der Waals surface area contributed by atoms with Crippen LogP contribution in [0.15, 0.2) is 64.7 Å². The van der Waals surface area contributed by atoms with Crippen LogP contribution < -0.4 is 11.4 Å². The summed E-state index contributed by atoms with van der Waals surface area (Å²) in [5.41, 5.74) is 7.58. The lowest BCUT2D eigenvalue weighted by molar-refractivity contribution is -0.150. The first-order valence-electron chi connectivity index (χ1n) is 20.4. The molecule has 5 N–H and O–H groups in total.